The molecule has 1 unspecified atom stereocenters. The van der Waals surface area contributed by atoms with Gasteiger partial charge < -0.3 is 20.9 Å². The van der Waals surface area contributed by atoms with E-state index in [-0.39, 0.29) is 12.6 Å². The molecule has 5 heteroatoms. The molecule has 0 radical (unpaired) electrons. The fourth-order valence-electron chi connectivity index (χ4n) is 1.93. The molecular weight excluding hydrogens is 308 g/mol. The second-order valence-electron chi connectivity index (χ2n) is 4.41. The molecule has 4 N–H and O–H groups in total. The Morgan fingerprint density at radius 1 is 1.37 bits per heavy atom. The molecule has 0 saturated heterocycles. The second kappa shape index (κ2) is 9.31. The van der Waals surface area contributed by atoms with Crippen molar-refractivity contribution in [3.63, 3.8) is 0 Å². The summed E-state index contributed by atoms with van der Waals surface area (Å²) in [6.45, 7) is 1.69. The van der Waals surface area contributed by atoms with E-state index in [1.165, 1.54) is 0 Å². The van der Waals surface area contributed by atoms with Gasteiger partial charge in [-0.2, -0.15) is 0 Å². The summed E-state index contributed by atoms with van der Waals surface area (Å²) in [6.07, 6.45) is 2.93. The first-order valence-electron chi connectivity index (χ1n) is 6.60. The first-order chi connectivity index (χ1) is 9.22. The van der Waals surface area contributed by atoms with Crippen molar-refractivity contribution in [3.05, 3.63) is 28.2 Å². The van der Waals surface area contributed by atoms with Gasteiger partial charge in [-0.3, -0.25) is 0 Å². The molecule has 1 rings (SSSR count). The van der Waals surface area contributed by atoms with Crippen LogP contribution in [0.4, 0.5) is 0 Å². The molecule has 0 aliphatic carbocycles. The summed E-state index contributed by atoms with van der Waals surface area (Å²) < 4.78 is 6.28. The van der Waals surface area contributed by atoms with Crippen molar-refractivity contribution < 1.29 is 9.84 Å². The normalized spacial score (nSPS) is 12.4. The topological polar surface area (TPSA) is 67.5 Å². The lowest BCUT2D eigenvalue weighted by molar-refractivity contribution is 0.282. The molecule has 108 valence electrons. The Kier molecular flexibility index (Phi) is 8.05. The zero-order valence-corrected chi connectivity index (χ0v) is 12.9. The maximum absolute atomic E-state index is 8.73. The van der Waals surface area contributed by atoms with Gasteiger partial charge in [0.15, 0.2) is 0 Å². The molecule has 0 fully saturated rings. The van der Waals surface area contributed by atoms with E-state index in [1.54, 1.807) is 7.11 Å². The van der Waals surface area contributed by atoms with E-state index in [4.69, 9.17) is 15.6 Å². The van der Waals surface area contributed by atoms with Crippen LogP contribution in [-0.2, 0) is 0 Å². The van der Waals surface area contributed by atoms with E-state index in [1.807, 2.05) is 18.2 Å². The highest BCUT2D eigenvalue weighted by atomic mass is 79.9. The van der Waals surface area contributed by atoms with Gasteiger partial charge in [0.05, 0.1) is 7.11 Å². The van der Waals surface area contributed by atoms with Crippen LogP contribution in [0.3, 0.4) is 0 Å². The molecule has 1 aromatic rings. The first-order valence-corrected chi connectivity index (χ1v) is 7.40. The summed E-state index contributed by atoms with van der Waals surface area (Å²) >= 11 is 3.55. The second-order valence-corrected chi connectivity index (χ2v) is 5.27. The Bertz CT molecular complexity index is 374. The molecule has 1 aromatic carbocycles. The highest BCUT2D eigenvalue weighted by molar-refractivity contribution is 9.10. The highest BCUT2D eigenvalue weighted by Gasteiger charge is 2.13. The number of hydrogen-bond acceptors (Lipinski definition) is 4. The molecule has 0 amide bonds. The number of aliphatic hydroxyl groups excluding tert-OH is 1. The molecule has 1 atom stereocenters. The van der Waals surface area contributed by atoms with Crippen molar-refractivity contribution in [1.29, 1.82) is 0 Å². The van der Waals surface area contributed by atoms with E-state index in [0.717, 1.165) is 41.6 Å². The van der Waals surface area contributed by atoms with Crippen molar-refractivity contribution in [1.82, 2.24) is 5.32 Å². The van der Waals surface area contributed by atoms with Crippen LogP contribution in [0.2, 0.25) is 0 Å². The quantitative estimate of drug-likeness (QED) is 0.607. The zero-order valence-electron chi connectivity index (χ0n) is 11.4. The molecule has 4 nitrogen and oxygen atoms in total. The lowest BCUT2D eigenvalue weighted by Gasteiger charge is -2.19. The molecule has 19 heavy (non-hydrogen) atoms. The molecule has 0 bridgehead atoms. The number of unbranched alkanes of at least 4 members (excludes halogenated alkanes) is 2. The van der Waals surface area contributed by atoms with Crippen LogP contribution in [0.5, 0.6) is 5.75 Å². The van der Waals surface area contributed by atoms with Crippen LogP contribution in [0.25, 0.3) is 0 Å². The van der Waals surface area contributed by atoms with Crippen LogP contribution in [0.15, 0.2) is 22.7 Å². The fourth-order valence-corrected chi connectivity index (χ4v) is 2.45. The Labute approximate surface area is 123 Å². The number of rotatable bonds is 9. The number of benzene rings is 1. The summed E-state index contributed by atoms with van der Waals surface area (Å²) in [5.41, 5.74) is 6.96. The summed E-state index contributed by atoms with van der Waals surface area (Å²) in [6, 6.07) is 6.01. The third-order valence-electron chi connectivity index (χ3n) is 3.04. The monoisotopic (exact) mass is 330 g/mol. The van der Waals surface area contributed by atoms with E-state index >= 15 is 0 Å². The van der Waals surface area contributed by atoms with Gasteiger partial charge in [-0.25, -0.2) is 0 Å². The van der Waals surface area contributed by atoms with Gasteiger partial charge in [-0.05, 0) is 49.6 Å². The molecule has 0 aliphatic rings. The molecule has 0 spiro atoms. The first kappa shape index (κ1) is 16.4. The van der Waals surface area contributed by atoms with Gasteiger partial charge in [0.1, 0.15) is 5.75 Å². The van der Waals surface area contributed by atoms with E-state index in [9.17, 15) is 0 Å². The van der Waals surface area contributed by atoms with Crippen LogP contribution in [0, 0.1) is 0 Å². The van der Waals surface area contributed by atoms with Gasteiger partial charge in [-0.1, -0.05) is 15.9 Å². The van der Waals surface area contributed by atoms with Crippen molar-refractivity contribution in [2.45, 2.75) is 25.3 Å². The average Bonchev–Trinajstić information content (AvgIpc) is 2.44. The standard InChI is InChI=1S/C14H23BrN2O2/c1-19-11-5-6-13(15)12(9-11)14(10-16)17-7-3-2-4-8-18/h5-6,9,14,17-18H,2-4,7-8,10,16H2,1H3. The smallest absolute Gasteiger partial charge is 0.119 e. The van der Waals surface area contributed by atoms with Crippen LogP contribution < -0.4 is 15.8 Å². The summed E-state index contributed by atoms with van der Waals surface area (Å²) in [5.74, 6) is 0.832. The predicted molar refractivity (Wildman–Crippen MR) is 81.4 cm³/mol. The Morgan fingerprint density at radius 3 is 2.79 bits per heavy atom. The van der Waals surface area contributed by atoms with E-state index in [0.29, 0.717) is 6.54 Å². The average molecular weight is 331 g/mol. The third-order valence-corrected chi connectivity index (χ3v) is 3.76. The van der Waals surface area contributed by atoms with Crippen LogP contribution >= 0.6 is 15.9 Å². The lowest BCUT2D eigenvalue weighted by atomic mass is 10.1. The van der Waals surface area contributed by atoms with Gasteiger partial charge in [0.25, 0.3) is 0 Å². The number of nitrogens with one attached hydrogen (secondary N) is 1. The Hall–Kier alpha value is -0.620. The van der Waals surface area contributed by atoms with Crippen molar-refractivity contribution in [2.75, 3.05) is 26.8 Å². The number of methoxy groups -OCH3 is 1. The molecule has 0 saturated carbocycles. The Balaban J connectivity index is 2.58. The van der Waals surface area contributed by atoms with Crippen molar-refractivity contribution in [3.8, 4) is 5.75 Å². The molecule has 0 heterocycles. The number of halogens is 1. The molecular formula is C14H23BrN2O2. The molecule has 0 aromatic heterocycles. The summed E-state index contributed by atoms with van der Waals surface area (Å²) in [7, 11) is 1.66. The Morgan fingerprint density at radius 2 is 2.16 bits per heavy atom. The number of ether oxygens (including phenoxy) is 1. The molecule has 0 aliphatic heterocycles. The highest BCUT2D eigenvalue weighted by Crippen LogP contribution is 2.27. The van der Waals surface area contributed by atoms with Gasteiger partial charge in [0.2, 0.25) is 0 Å². The summed E-state index contributed by atoms with van der Waals surface area (Å²) in [4.78, 5) is 0. The maximum atomic E-state index is 8.73. The SMILES string of the molecule is COc1ccc(Br)c(C(CN)NCCCCCO)c1. The largest absolute Gasteiger partial charge is 0.497 e. The predicted octanol–water partition coefficient (Wildman–Crippen LogP) is 2.21. The third kappa shape index (κ3) is 5.48. The lowest BCUT2D eigenvalue weighted by Crippen LogP contribution is -2.29. The van der Waals surface area contributed by atoms with E-state index < -0.39 is 0 Å². The van der Waals surface area contributed by atoms with Crippen LogP contribution in [-0.4, -0.2) is 31.9 Å². The van der Waals surface area contributed by atoms with E-state index in [2.05, 4.69) is 21.2 Å². The zero-order chi connectivity index (χ0) is 14.1. The van der Waals surface area contributed by atoms with Crippen molar-refractivity contribution in [2.24, 2.45) is 5.73 Å². The van der Waals surface area contributed by atoms with Gasteiger partial charge in [-0.15, -0.1) is 0 Å². The minimum atomic E-state index is 0.110. The number of nitrogens with two attached hydrogens (primary N) is 1. The van der Waals surface area contributed by atoms with Gasteiger partial charge >= 0.3 is 0 Å². The minimum absolute atomic E-state index is 0.110. The summed E-state index contributed by atoms with van der Waals surface area (Å²) in [5, 5.41) is 12.2. The van der Waals surface area contributed by atoms with Gasteiger partial charge in [0, 0.05) is 23.7 Å². The van der Waals surface area contributed by atoms with Crippen molar-refractivity contribution >= 4 is 15.9 Å². The van der Waals surface area contributed by atoms with Crippen LogP contribution in [0.1, 0.15) is 30.9 Å². The number of aliphatic hydroxyl groups is 1. The minimum Gasteiger partial charge on any atom is -0.497 e. The maximum Gasteiger partial charge on any atom is 0.119 e. The number of hydrogen-bond donors (Lipinski definition) is 3. The fraction of sp³-hybridized carbons (Fsp3) is 0.571.